The lowest BCUT2D eigenvalue weighted by molar-refractivity contribution is -0.132. The smallest absolute Gasteiger partial charge is 0.224 e. The first-order chi connectivity index (χ1) is 15.2. The van der Waals surface area contributed by atoms with E-state index in [1.54, 1.807) is 0 Å². The molecule has 5 rings (SSSR count). The number of hydrogen-bond acceptors (Lipinski definition) is 7. The number of amides is 1. The van der Waals surface area contributed by atoms with Crippen LogP contribution >= 0.6 is 0 Å². The second-order valence-corrected chi connectivity index (χ2v) is 8.07. The van der Waals surface area contributed by atoms with Crippen LogP contribution in [-0.2, 0) is 30.6 Å². The van der Waals surface area contributed by atoms with Gasteiger partial charge in [0.2, 0.25) is 11.9 Å². The van der Waals surface area contributed by atoms with Crippen LogP contribution in [0.3, 0.4) is 0 Å². The lowest BCUT2D eigenvalue weighted by atomic mass is 10.1. The number of para-hydroxylation sites is 1. The summed E-state index contributed by atoms with van der Waals surface area (Å²) >= 11 is 0. The summed E-state index contributed by atoms with van der Waals surface area (Å²) in [6.07, 6.45) is 8.26. The van der Waals surface area contributed by atoms with Crippen LogP contribution in [0.25, 0.3) is 0 Å². The molecule has 9 nitrogen and oxygen atoms in total. The summed E-state index contributed by atoms with van der Waals surface area (Å²) in [6, 6.07) is 8.32. The number of carbonyl (C=O) groups excluding carboxylic acids is 1. The van der Waals surface area contributed by atoms with Gasteiger partial charge in [-0.05, 0) is 24.5 Å². The van der Waals surface area contributed by atoms with Gasteiger partial charge in [0.05, 0.1) is 5.69 Å². The van der Waals surface area contributed by atoms with Crippen LogP contribution in [0.15, 0.2) is 36.8 Å². The van der Waals surface area contributed by atoms with Gasteiger partial charge in [0.25, 0.3) is 0 Å². The van der Waals surface area contributed by atoms with E-state index in [2.05, 4.69) is 49.0 Å². The summed E-state index contributed by atoms with van der Waals surface area (Å²) in [4.78, 5) is 27.9. The van der Waals surface area contributed by atoms with Crippen molar-refractivity contribution >= 4 is 17.5 Å². The van der Waals surface area contributed by atoms with Crippen molar-refractivity contribution in [1.29, 1.82) is 0 Å². The van der Waals surface area contributed by atoms with E-state index in [9.17, 15) is 4.79 Å². The minimum Gasteiger partial charge on any atom is -0.365 e. The molecule has 1 atom stereocenters. The zero-order valence-electron chi connectivity index (χ0n) is 17.3. The van der Waals surface area contributed by atoms with Gasteiger partial charge in [-0.2, -0.15) is 5.10 Å². The van der Waals surface area contributed by atoms with Crippen molar-refractivity contribution < 1.29 is 4.79 Å². The molecule has 0 saturated heterocycles. The first-order valence-electron chi connectivity index (χ1n) is 10.8. The molecule has 0 spiro atoms. The van der Waals surface area contributed by atoms with Gasteiger partial charge >= 0.3 is 0 Å². The molecule has 3 aromatic rings. The first kappa shape index (κ1) is 19.5. The molecule has 3 N–H and O–H groups in total. The highest BCUT2D eigenvalue weighted by Crippen LogP contribution is 2.26. The highest BCUT2D eigenvalue weighted by molar-refractivity contribution is 5.76. The van der Waals surface area contributed by atoms with Gasteiger partial charge in [-0.1, -0.05) is 18.2 Å². The molecule has 9 heteroatoms. The molecule has 0 radical (unpaired) electrons. The molecule has 2 aliphatic heterocycles. The fraction of sp³-hybridized carbons (Fsp3) is 0.409. The van der Waals surface area contributed by atoms with Crippen molar-refractivity contribution in [2.24, 2.45) is 0 Å². The Morgan fingerprint density at radius 2 is 2.13 bits per heavy atom. The van der Waals surface area contributed by atoms with Crippen LogP contribution in [0.5, 0.6) is 0 Å². The van der Waals surface area contributed by atoms with E-state index in [0.717, 1.165) is 54.9 Å². The summed E-state index contributed by atoms with van der Waals surface area (Å²) in [7, 11) is 0. The number of nitrogens with zero attached hydrogens (tertiary/aromatic N) is 5. The van der Waals surface area contributed by atoms with E-state index >= 15 is 0 Å². The van der Waals surface area contributed by atoms with E-state index in [4.69, 9.17) is 4.98 Å². The molecule has 0 aliphatic carbocycles. The third kappa shape index (κ3) is 4.50. The summed E-state index contributed by atoms with van der Waals surface area (Å²) in [6.45, 7) is 1.29. The Balaban J connectivity index is 1.12. The minimum absolute atomic E-state index is 0.0917. The second kappa shape index (κ2) is 8.71. The van der Waals surface area contributed by atoms with E-state index < -0.39 is 0 Å². The van der Waals surface area contributed by atoms with Crippen LogP contribution in [0, 0.1) is 0 Å². The Morgan fingerprint density at radius 3 is 3.00 bits per heavy atom. The molecule has 31 heavy (non-hydrogen) atoms. The van der Waals surface area contributed by atoms with E-state index in [0.29, 0.717) is 25.5 Å². The average molecular weight is 419 g/mol. The Bertz CT molecular complexity index is 1030. The number of nitrogens with one attached hydrogen (secondary N) is 3. The van der Waals surface area contributed by atoms with Gasteiger partial charge in [-0.15, -0.1) is 0 Å². The van der Waals surface area contributed by atoms with E-state index in [1.165, 1.54) is 11.9 Å². The molecule has 2 aromatic heterocycles. The zero-order chi connectivity index (χ0) is 21.0. The highest BCUT2D eigenvalue weighted by Gasteiger charge is 2.24. The van der Waals surface area contributed by atoms with Gasteiger partial charge in [-0.3, -0.25) is 9.89 Å². The minimum atomic E-state index is 0.0917. The van der Waals surface area contributed by atoms with Crippen molar-refractivity contribution in [3.8, 4) is 0 Å². The van der Waals surface area contributed by atoms with Crippen molar-refractivity contribution in [3.63, 3.8) is 0 Å². The maximum atomic E-state index is 12.6. The van der Waals surface area contributed by atoms with Crippen LogP contribution in [-0.4, -0.2) is 48.7 Å². The Kier molecular flexibility index (Phi) is 5.47. The lowest BCUT2D eigenvalue weighted by Crippen LogP contribution is -2.36. The molecule has 1 aromatic carbocycles. The Morgan fingerprint density at radius 1 is 1.19 bits per heavy atom. The van der Waals surface area contributed by atoms with Crippen molar-refractivity contribution in [2.75, 3.05) is 17.2 Å². The molecular weight excluding hydrogens is 392 g/mol. The standard InChI is InChI=1S/C22H26N8O/c31-21(8-4-3-7-19-24-14-25-29-19)30-10-9-18-16(13-30)12-23-22(27-18)28-20-11-15-5-1-2-6-17(15)26-20/h1-2,5-6,12,14,20,26H,3-4,7-11,13H2,(H,23,27,28)(H,24,25,29). The third-order valence-corrected chi connectivity index (χ3v) is 5.88. The average Bonchev–Trinajstić information content (AvgIpc) is 3.45. The first-order valence-corrected chi connectivity index (χ1v) is 10.8. The number of aromatic nitrogens is 5. The number of fused-ring (bicyclic) bond motifs is 2. The number of hydrogen-bond donors (Lipinski definition) is 3. The zero-order valence-corrected chi connectivity index (χ0v) is 17.3. The van der Waals surface area contributed by atoms with Crippen molar-refractivity contribution in [2.45, 2.75) is 51.2 Å². The third-order valence-electron chi connectivity index (χ3n) is 5.88. The number of H-pyrrole nitrogens is 1. The Labute approximate surface area is 180 Å². The summed E-state index contributed by atoms with van der Waals surface area (Å²) in [5, 5.41) is 13.6. The fourth-order valence-corrected chi connectivity index (χ4v) is 4.22. The molecule has 0 fully saturated rings. The van der Waals surface area contributed by atoms with Crippen LogP contribution < -0.4 is 10.6 Å². The predicted molar refractivity (Wildman–Crippen MR) is 116 cm³/mol. The summed E-state index contributed by atoms with van der Waals surface area (Å²) in [5.74, 6) is 1.70. The molecule has 4 heterocycles. The van der Waals surface area contributed by atoms with E-state index in [-0.39, 0.29) is 12.1 Å². The predicted octanol–water partition coefficient (Wildman–Crippen LogP) is 2.30. The molecule has 1 amide bonds. The van der Waals surface area contributed by atoms with Gasteiger partial charge in [0.15, 0.2) is 0 Å². The fourth-order valence-electron chi connectivity index (χ4n) is 4.22. The second-order valence-electron chi connectivity index (χ2n) is 8.07. The topological polar surface area (TPSA) is 112 Å². The maximum Gasteiger partial charge on any atom is 0.224 e. The molecule has 0 saturated carbocycles. The van der Waals surface area contributed by atoms with Crippen LogP contribution in [0.4, 0.5) is 11.6 Å². The summed E-state index contributed by atoms with van der Waals surface area (Å²) in [5.41, 5.74) is 4.53. The van der Waals surface area contributed by atoms with Crippen LogP contribution in [0.1, 0.15) is 41.9 Å². The van der Waals surface area contributed by atoms with Gasteiger partial charge in [0.1, 0.15) is 18.3 Å². The molecule has 0 bridgehead atoms. The van der Waals surface area contributed by atoms with Gasteiger partial charge < -0.3 is 15.5 Å². The molecule has 1 unspecified atom stereocenters. The van der Waals surface area contributed by atoms with E-state index in [1.807, 2.05) is 17.2 Å². The molecular formula is C22H26N8O. The lowest BCUT2D eigenvalue weighted by Gasteiger charge is -2.28. The number of anilines is 2. The van der Waals surface area contributed by atoms with Crippen LogP contribution in [0.2, 0.25) is 0 Å². The summed E-state index contributed by atoms with van der Waals surface area (Å²) < 4.78 is 0. The highest BCUT2D eigenvalue weighted by atomic mass is 16.2. The number of aryl methyl sites for hydroxylation is 1. The Hall–Kier alpha value is -3.49. The number of unbranched alkanes of at least 4 members (excludes halogenated alkanes) is 1. The van der Waals surface area contributed by atoms with Crippen molar-refractivity contribution in [1.82, 2.24) is 30.0 Å². The molecule has 160 valence electrons. The number of benzene rings is 1. The monoisotopic (exact) mass is 418 g/mol. The normalized spacial score (nSPS) is 17.0. The van der Waals surface area contributed by atoms with Gasteiger partial charge in [0, 0.05) is 56.2 Å². The van der Waals surface area contributed by atoms with Crippen molar-refractivity contribution in [3.05, 3.63) is 59.4 Å². The number of rotatable bonds is 7. The SMILES string of the molecule is O=C(CCCCc1ncn[nH]1)N1CCc2nc(NC3Cc4ccccc4N3)ncc2C1. The van der Waals surface area contributed by atoms with Gasteiger partial charge in [-0.25, -0.2) is 15.0 Å². The quantitative estimate of drug-likeness (QED) is 0.505. The number of carbonyl (C=O) groups is 1. The molecule has 2 aliphatic rings. The number of aromatic amines is 1. The largest absolute Gasteiger partial charge is 0.365 e. The maximum absolute atomic E-state index is 12.6.